The first kappa shape index (κ1) is 24.7. The van der Waals surface area contributed by atoms with Crippen LogP contribution in [0, 0.1) is 5.82 Å². The molecule has 1 amide bonds. The van der Waals surface area contributed by atoms with Crippen molar-refractivity contribution in [3.8, 4) is 17.0 Å². The van der Waals surface area contributed by atoms with Gasteiger partial charge in [0.25, 0.3) is 5.91 Å². The number of amides is 1. The number of benzene rings is 2. The monoisotopic (exact) mass is 482 g/mol. The third kappa shape index (κ3) is 5.80. The van der Waals surface area contributed by atoms with E-state index in [0.29, 0.717) is 62.3 Å². The largest absolute Gasteiger partial charge is 0.496 e. The highest BCUT2D eigenvalue weighted by atomic mass is 19.1. The number of carbonyl (C=O) groups is 1. The van der Waals surface area contributed by atoms with Gasteiger partial charge in [-0.15, -0.1) is 0 Å². The van der Waals surface area contributed by atoms with E-state index in [9.17, 15) is 9.18 Å². The molecule has 1 fully saturated rings. The molecular weight excluding hydrogens is 451 g/mol. The number of morpholine rings is 1. The summed E-state index contributed by atoms with van der Waals surface area (Å²) < 4.78 is 30.4. The molecule has 2 aromatic carbocycles. The molecule has 0 spiro atoms. The first-order valence-electron chi connectivity index (χ1n) is 11.6. The van der Waals surface area contributed by atoms with Crippen molar-refractivity contribution in [1.82, 2.24) is 15.0 Å². The standard InChI is InChI=1S/C26H31FN4O4/c1-29(2)12-13-31(25(32)21-6-4-5-7-23(21)33-3)18-22-24(19-8-10-20(27)11-9-19)28-35-26(22)30-14-16-34-17-15-30/h4-11H,12-18H2,1-3H3. The molecule has 8 nitrogen and oxygen atoms in total. The zero-order valence-electron chi connectivity index (χ0n) is 20.4. The number of para-hydroxylation sites is 1. The van der Waals surface area contributed by atoms with E-state index in [2.05, 4.69) is 10.1 Å². The molecule has 4 rings (SSSR count). The van der Waals surface area contributed by atoms with Gasteiger partial charge in [0, 0.05) is 31.7 Å². The molecule has 0 atom stereocenters. The van der Waals surface area contributed by atoms with Crippen molar-refractivity contribution in [3.05, 3.63) is 65.5 Å². The molecule has 0 bridgehead atoms. The maximum absolute atomic E-state index is 13.7. The Hall–Kier alpha value is -3.43. The Kier molecular flexibility index (Phi) is 7.99. The van der Waals surface area contributed by atoms with Crippen molar-refractivity contribution in [2.75, 3.05) is 65.5 Å². The summed E-state index contributed by atoms with van der Waals surface area (Å²) in [5.41, 5.74) is 2.58. The Morgan fingerprint density at radius 2 is 1.80 bits per heavy atom. The fourth-order valence-corrected chi connectivity index (χ4v) is 4.05. The number of rotatable bonds is 9. The lowest BCUT2D eigenvalue weighted by Gasteiger charge is -2.29. The average Bonchev–Trinajstić information content (AvgIpc) is 3.30. The number of nitrogens with zero attached hydrogens (tertiary/aromatic N) is 4. The van der Waals surface area contributed by atoms with E-state index in [1.807, 2.05) is 31.1 Å². The number of halogens is 1. The second kappa shape index (κ2) is 11.3. The zero-order valence-corrected chi connectivity index (χ0v) is 20.4. The van der Waals surface area contributed by atoms with Crippen molar-refractivity contribution in [1.29, 1.82) is 0 Å². The maximum atomic E-state index is 13.7. The van der Waals surface area contributed by atoms with Crippen molar-refractivity contribution in [3.63, 3.8) is 0 Å². The number of likely N-dealkylation sites (N-methyl/N-ethyl adjacent to an activating group) is 1. The van der Waals surface area contributed by atoms with Gasteiger partial charge in [0.15, 0.2) is 0 Å². The van der Waals surface area contributed by atoms with Crippen LogP contribution in [0.2, 0.25) is 0 Å². The maximum Gasteiger partial charge on any atom is 0.257 e. The number of hydrogen-bond donors (Lipinski definition) is 0. The normalized spacial score (nSPS) is 13.8. The highest BCUT2D eigenvalue weighted by Crippen LogP contribution is 2.34. The van der Waals surface area contributed by atoms with Crippen LogP contribution in [-0.2, 0) is 11.3 Å². The summed E-state index contributed by atoms with van der Waals surface area (Å²) in [6, 6.07) is 13.3. The van der Waals surface area contributed by atoms with Gasteiger partial charge in [-0.2, -0.15) is 0 Å². The minimum atomic E-state index is -0.328. The molecule has 186 valence electrons. The second-order valence-corrected chi connectivity index (χ2v) is 8.65. The Morgan fingerprint density at radius 1 is 1.09 bits per heavy atom. The molecule has 3 aromatic rings. The van der Waals surface area contributed by atoms with Gasteiger partial charge < -0.3 is 28.7 Å². The highest BCUT2D eigenvalue weighted by molar-refractivity contribution is 5.97. The Morgan fingerprint density at radius 3 is 2.49 bits per heavy atom. The van der Waals surface area contributed by atoms with Crippen LogP contribution in [0.4, 0.5) is 10.3 Å². The number of carbonyl (C=O) groups excluding carboxylic acids is 1. The van der Waals surface area contributed by atoms with E-state index in [-0.39, 0.29) is 18.3 Å². The molecule has 0 radical (unpaired) electrons. The highest BCUT2D eigenvalue weighted by Gasteiger charge is 2.28. The second-order valence-electron chi connectivity index (χ2n) is 8.65. The molecule has 0 unspecified atom stereocenters. The van der Waals surface area contributed by atoms with Crippen molar-refractivity contribution in [2.45, 2.75) is 6.54 Å². The average molecular weight is 483 g/mol. The fourth-order valence-electron chi connectivity index (χ4n) is 4.05. The summed E-state index contributed by atoms with van der Waals surface area (Å²) in [7, 11) is 5.49. The minimum Gasteiger partial charge on any atom is -0.496 e. The van der Waals surface area contributed by atoms with Gasteiger partial charge in [-0.05, 0) is 50.5 Å². The first-order chi connectivity index (χ1) is 17.0. The Bertz CT molecular complexity index is 1130. The van der Waals surface area contributed by atoms with E-state index in [4.69, 9.17) is 14.0 Å². The van der Waals surface area contributed by atoms with Crippen LogP contribution < -0.4 is 9.64 Å². The Balaban J connectivity index is 1.74. The van der Waals surface area contributed by atoms with E-state index in [1.54, 1.807) is 36.3 Å². The lowest BCUT2D eigenvalue weighted by Crippen LogP contribution is -2.39. The predicted molar refractivity (Wildman–Crippen MR) is 131 cm³/mol. The molecular formula is C26H31FN4O4. The fraction of sp³-hybridized carbons (Fsp3) is 0.385. The first-order valence-corrected chi connectivity index (χ1v) is 11.6. The smallest absolute Gasteiger partial charge is 0.257 e. The van der Waals surface area contributed by atoms with Crippen molar-refractivity contribution >= 4 is 11.8 Å². The minimum absolute atomic E-state index is 0.150. The van der Waals surface area contributed by atoms with Crippen LogP contribution in [0.5, 0.6) is 5.75 Å². The molecule has 1 aromatic heterocycles. The number of methoxy groups -OCH3 is 1. The zero-order chi connectivity index (χ0) is 24.8. The molecule has 35 heavy (non-hydrogen) atoms. The number of ether oxygens (including phenoxy) is 2. The summed E-state index contributed by atoms with van der Waals surface area (Å²) in [4.78, 5) is 19.6. The summed E-state index contributed by atoms with van der Waals surface area (Å²) in [5.74, 6) is 0.648. The van der Waals surface area contributed by atoms with Gasteiger partial charge in [0.1, 0.15) is 17.3 Å². The molecule has 1 aliphatic rings. The quantitative estimate of drug-likeness (QED) is 0.462. The predicted octanol–water partition coefficient (Wildman–Crippen LogP) is 3.53. The van der Waals surface area contributed by atoms with Crippen LogP contribution in [0.15, 0.2) is 53.1 Å². The van der Waals surface area contributed by atoms with E-state index in [0.717, 1.165) is 11.1 Å². The van der Waals surface area contributed by atoms with Gasteiger partial charge in [-0.3, -0.25) is 4.79 Å². The molecule has 0 N–H and O–H groups in total. The lowest BCUT2D eigenvalue weighted by atomic mass is 10.1. The van der Waals surface area contributed by atoms with Crippen molar-refractivity contribution in [2.24, 2.45) is 0 Å². The molecule has 1 saturated heterocycles. The van der Waals surface area contributed by atoms with E-state index >= 15 is 0 Å². The van der Waals surface area contributed by atoms with Gasteiger partial charge in [0.05, 0.1) is 38.0 Å². The van der Waals surface area contributed by atoms with E-state index in [1.165, 1.54) is 12.1 Å². The van der Waals surface area contributed by atoms with Gasteiger partial charge in [-0.25, -0.2) is 4.39 Å². The molecule has 2 heterocycles. The third-order valence-corrected chi connectivity index (χ3v) is 5.97. The topological polar surface area (TPSA) is 71.3 Å². The van der Waals surface area contributed by atoms with E-state index < -0.39 is 0 Å². The van der Waals surface area contributed by atoms with Crippen LogP contribution in [0.3, 0.4) is 0 Å². The molecule has 0 aliphatic carbocycles. The summed E-state index contributed by atoms with van der Waals surface area (Å²) in [5, 5.41) is 4.35. The summed E-state index contributed by atoms with van der Waals surface area (Å²) in [6.45, 7) is 3.90. The molecule has 1 aliphatic heterocycles. The van der Waals surface area contributed by atoms with Crippen LogP contribution in [0.25, 0.3) is 11.3 Å². The van der Waals surface area contributed by atoms with Gasteiger partial charge in [0.2, 0.25) is 5.88 Å². The summed E-state index contributed by atoms with van der Waals surface area (Å²) in [6.07, 6.45) is 0. The van der Waals surface area contributed by atoms with Crippen LogP contribution in [0.1, 0.15) is 15.9 Å². The van der Waals surface area contributed by atoms with Crippen LogP contribution >= 0.6 is 0 Å². The SMILES string of the molecule is COc1ccccc1C(=O)N(CCN(C)C)Cc1c(-c2ccc(F)cc2)noc1N1CCOCC1. The Labute approximate surface area is 204 Å². The van der Waals surface area contributed by atoms with Crippen molar-refractivity contribution < 1.29 is 23.2 Å². The molecule has 0 saturated carbocycles. The number of hydrogen-bond acceptors (Lipinski definition) is 7. The summed E-state index contributed by atoms with van der Waals surface area (Å²) >= 11 is 0. The molecule has 9 heteroatoms. The lowest BCUT2D eigenvalue weighted by molar-refractivity contribution is 0.0728. The number of anilines is 1. The van der Waals surface area contributed by atoms with Crippen LogP contribution in [-0.4, -0.2) is 81.5 Å². The third-order valence-electron chi connectivity index (χ3n) is 5.97. The van der Waals surface area contributed by atoms with Gasteiger partial charge >= 0.3 is 0 Å². The number of aromatic nitrogens is 1. The van der Waals surface area contributed by atoms with Gasteiger partial charge in [-0.1, -0.05) is 17.3 Å².